The van der Waals surface area contributed by atoms with Crippen LogP contribution in [-0.4, -0.2) is 25.7 Å². The van der Waals surface area contributed by atoms with Gasteiger partial charge in [-0.3, -0.25) is 0 Å². The number of hydrogen-bond acceptors (Lipinski definition) is 3. The summed E-state index contributed by atoms with van der Waals surface area (Å²) in [6.45, 7) is 0. The van der Waals surface area contributed by atoms with Crippen LogP contribution in [0.15, 0.2) is 54.6 Å². The van der Waals surface area contributed by atoms with Crippen molar-refractivity contribution < 1.29 is 18.3 Å². The van der Waals surface area contributed by atoms with Gasteiger partial charge in [-0.05, 0) is 60.7 Å². The monoisotopic (exact) mass is 357 g/mol. The Hall–Kier alpha value is -2.60. The van der Waals surface area contributed by atoms with Crippen LogP contribution in [0.25, 0.3) is 5.57 Å². The van der Waals surface area contributed by atoms with Crippen LogP contribution >= 0.6 is 0 Å². The van der Waals surface area contributed by atoms with Gasteiger partial charge in [-0.1, -0.05) is 24.3 Å². The van der Waals surface area contributed by atoms with E-state index in [0.717, 1.165) is 36.7 Å². The maximum absolute atomic E-state index is 12.4. The standard InChI is InChI=1S/C19H19NO4S/c1-25(23,24)20(17-9-3-2-4-10-17)18-12-15(14-7-5-6-8-14)11-16(13-18)19(21)22/h2-4,7,9-13H,5-6,8H2,1H3,(H,21,22). The van der Waals surface area contributed by atoms with Crippen molar-refractivity contribution in [2.24, 2.45) is 0 Å². The van der Waals surface area contributed by atoms with E-state index in [4.69, 9.17) is 0 Å². The van der Waals surface area contributed by atoms with Crippen molar-refractivity contribution in [2.75, 3.05) is 10.6 Å². The number of benzene rings is 2. The quantitative estimate of drug-likeness (QED) is 0.876. The Labute approximate surface area is 147 Å². The van der Waals surface area contributed by atoms with E-state index >= 15 is 0 Å². The molecule has 0 unspecified atom stereocenters. The largest absolute Gasteiger partial charge is 0.478 e. The fourth-order valence-electron chi connectivity index (χ4n) is 3.07. The summed E-state index contributed by atoms with van der Waals surface area (Å²) >= 11 is 0. The molecule has 1 aliphatic carbocycles. The van der Waals surface area contributed by atoms with Gasteiger partial charge in [-0.25, -0.2) is 17.5 Å². The maximum atomic E-state index is 12.4. The maximum Gasteiger partial charge on any atom is 0.335 e. The molecule has 1 aliphatic rings. The van der Waals surface area contributed by atoms with Crippen LogP contribution in [0, 0.1) is 0 Å². The Morgan fingerprint density at radius 1 is 1.08 bits per heavy atom. The number of aromatic carboxylic acids is 1. The van der Waals surface area contributed by atoms with Crippen molar-refractivity contribution in [1.29, 1.82) is 0 Å². The number of anilines is 2. The lowest BCUT2D eigenvalue weighted by atomic mass is 10.0. The highest BCUT2D eigenvalue weighted by Crippen LogP contribution is 2.34. The number of allylic oxidation sites excluding steroid dienone is 2. The van der Waals surface area contributed by atoms with Crippen LogP contribution in [0.1, 0.15) is 35.2 Å². The molecule has 2 aromatic carbocycles. The Balaban J connectivity index is 2.20. The first-order valence-corrected chi connectivity index (χ1v) is 9.84. The first-order valence-electron chi connectivity index (χ1n) is 7.99. The van der Waals surface area contributed by atoms with E-state index in [9.17, 15) is 18.3 Å². The zero-order chi connectivity index (χ0) is 18.0. The molecule has 6 heteroatoms. The lowest BCUT2D eigenvalue weighted by Gasteiger charge is -2.23. The summed E-state index contributed by atoms with van der Waals surface area (Å²) in [7, 11) is -3.63. The fourth-order valence-corrected chi connectivity index (χ4v) is 4.06. The van der Waals surface area contributed by atoms with Crippen molar-refractivity contribution in [1.82, 2.24) is 0 Å². The van der Waals surface area contributed by atoms with Gasteiger partial charge in [0.1, 0.15) is 0 Å². The van der Waals surface area contributed by atoms with Crippen LogP contribution in [-0.2, 0) is 10.0 Å². The highest BCUT2D eigenvalue weighted by atomic mass is 32.2. The molecule has 0 aromatic heterocycles. The molecule has 3 rings (SSSR count). The molecule has 0 radical (unpaired) electrons. The van der Waals surface area contributed by atoms with Gasteiger partial charge in [-0.15, -0.1) is 0 Å². The molecule has 0 aliphatic heterocycles. The number of carboxylic acids is 1. The highest BCUT2D eigenvalue weighted by Gasteiger charge is 2.22. The summed E-state index contributed by atoms with van der Waals surface area (Å²) in [5.74, 6) is -1.08. The predicted octanol–water partition coefficient (Wildman–Crippen LogP) is 4.05. The minimum absolute atomic E-state index is 0.0740. The molecular weight excluding hydrogens is 338 g/mol. The number of rotatable bonds is 5. The normalized spacial score (nSPS) is 14.2. The minimum Gasteiger partial charge on any atom is -0.478 e. The summed E-state index contributed by atoms with van der Waals surface area (Å²) in [6, 6.07) is 13.4. The molecule has 130 valence electrons. The second-order valence-electron chi connectivity index (χ2n) is 6.06. The van der Waals surface area contributed by atoms with Gasteiger partial charge in [0.25, 0.3) is 0 Å². The zero-order valence-corrected chi connectivity index (χ0v) is 14.7. The number of para-hydroxylation sites is 1. The number of hydrogen-bond donors (Lipinski definition) is 1. The highest BCUT2D eigenvalue weighted by molar-refractivity contribution is 7.92. The van der Waals surface area contributed by atoms with E-state index in [2.05, 4.69) is 6.08 Å². The molecule has 0 spiro atoms. The van der Waals surface area contributed by atoms with Gasteiger partial charge in [0, 0.05) is 0 Å². The third kappa shape index (κ3) is 3.74. The van der Waals surface area contributed by atoms with Gasteiger partial charge in [0.2, 0.25) is 10.0 Å². The zero-order valence-electron chi connectivity index (χ0n) is 13.8. The average Bonchev–Trinajstić information content (AvgIpc) is 3.09. The second-order valence-corrected chi connectivity index (χ2v) is 7.89. The van der Waals surface area contributed by atoms with Gasteiger partial charge in [-0.2, -0.15) is 0 Å². The summed E-state index contributed by atoms with van der Waals surface area (Å²) < 4.78 is 26.0. The number of carboxylic acid groups (broad SMARTS) is 1. The fraction of sp³-hybridized carbons (Fsp3) is 0.211. The predicted molar refractivity (Wildman–Crippen MR) is 98.7 cm³/mol. The number of nitrogens with zero attached hydrogens (tertiary/aromatic N) is 1. The Kier molecular flexibility index (Phi) is 4.63. The average molecular weight is 357 g/mol. The van der Waals surface area contributed by atoms with Crippen LogP contribution < -0.4 is 4.31 Å². The minimum atomic E-state index is -3.63. The number of carbonyl (C=O) groups is 1. The van der Waals surface area contributed by atoms with Gasteiger partial charge in [0.05, 0.1) is 23.2 Å². The van der Waals surface area contributed by atoms with Gasteiger partial charge < -0.3 is 5.11 Å². The third-order valence-electron chi connectivity index (χ3n) is 4.13. The van der Waals surface area contributed by atoms with Crippen LogP contribution in [0.3, 0.4) is 0 Å². The van der Waals surface area contributed by atoms with Crippen LogP contribution in [0.4, 0.5) is 11.4 Å². The molecule has 0 atom stereocenters. The van der Waals surface area contributed by atoms with E-state index in [1.165, 1.54) is 10.4 Å². The van der Waals surface area contributed by atoms with Crippen LogP contribution in [0.5, 0.6) is 0 Å². The lowest BCUT2D eigenvalue weighted by Crippen LogP contribution is -2.25. The van der Waals surface area contributed by atoms with E-state index in [0.29, 0.717) is 11.4 Å². The lowest BCUT2D eigenvalue weighted by molar-refractivity contribution is 0.0697. The second kappa shape index (κ2) is 6.72. The Morgan fingerprint density at radius 3 is 2.36 bits per heavy atom. The Morgan fingerprint density at radius 2 is 1.80 bits per heavy atom. The molecule has 1 N–H and O–H groups in total. The molecular formula is C19H19NO4S. The molecule has 0 saturated carbocycles. The van der Waals surface area contributed by atoms with Gasteiger partial charge in [0.15, 0.2) is 0 Å². The van der Waals surface area contributed by atoms with Crippen molar-refractivity contribution in [2.45, 2.75) is 19.3 Å². The summed E-state index contributed by atoms with van der Waals surface area (Å²) in [5, 5.41) is 9.44. The molecule has 5 nitrogen and oxygen atoms in total. The number of sulfonamides is 1. The third-order valence-corrected chi connectivity index (χ3v) is 5.22. The molecule has 0 fully saturated rings. The van der Waals surface area contributed by atoms with E-state index in [1.807, 2.05) is 0 Å². The van der Waals surface area contributed by atoms with Crippen molar-refractivity contribution in [3.63, 3.8) is 0 Å². The first kappa shape index (κ1) is 17.2. The van der Waals surface area contributed by atoms with Crippen LogP contribution in [0.2, 0.25) is 0 Å². The van der Waals surface area contributed by atoms with Gasteiger partial charge >= 0.3 is 5.97 Å². The summed E-state index contributed by atoms with van der Waals surface area (Å²) in [4.78, 5) is 11.5. The molecule has 0 bridgehead atoms. The van der Waals surface area contributed by atoms with Crippen molar-refractivity contribution in [3.05, 3.63) is 65.7 Å². The molecule has 0 amide bonds. The molecule has 0 heterocycles. The van der Waals surface area contributed by atoms with Crippen molar-refractivity contribution in [3.8, 4) is 0 Å². The van der Waals surface area contributed by atoms with E-state index < -0.39 is 16.0 Å². The summed E-state index contributed by atoms with van der Waals surface area (Å²) in [5.41, 5.74) is 2.70. The van der Waals surface area contributed by atoms with Crippen molar-refractivity contribution >= 4 is 32.9 Å². The topological polar surface area (TPSA) is 74.7 Å². The first-order chi connectivity index (χ1) is 11.9. The molecule has 25 heavy (non-hydrogen) atoms. The smallest absolute Gasteiger partial charge is 0.335 e. The SMILES string of the molecule is CS(=O)(=O)N(c1ccccc1)c1cc(C(=O)O)cc(C2=CCCC2)c1. The van der Waals surface area contributed by atoms with E-state index in [1.54, 1.807) is 42.5 Å². The Bertz CT molecular complexity index is 933. The summed E-state index contributed by atoms with van der Waals surface area (Å²) in [6.07, 6.45) is 6.04. The molecule has 2 aromatic rings. The molecule has 0 saturated heterocycles. The van der Waals surface area contributed by atoms with E-state index in [-0.39, 0.29) is 5.56 Å².